The van der Waals surface area contributed by atoms with Crippen molar-refractivity contribution < 1.29 is 9.53 Å². The molecule has 0 atom stereocenters. The molecule has 1 heterocycles. The van der Waals surface area contributed by atoms with Crippen molar-refractivity contribution in [1.82, 2.24) is 4.90 Å². The number of carbonyl (C=O) groups is 1. The van der Waals surface area contributed by atoms with Gasteiger partial charge >= 0.3 is 6.03 Å². The molecule has 0 fully saturated rings. The second kappa shape index (κ2) is 6.96. The smallest absolute Gasteiger partial charge is 0.327 e. The molecule has 0 radical (unpaired) electrons. The van der Waals surface area contributed by atoms with Gasteiger partial charge in [-0.1, -0.05) is 30.3 Å². The first-order chi connectivity index (χ1) is 11.3. The number of nitrogens with zero attached hydrogens (tertiary/aromatic N) is 2. The number of anilines is 1. The molecular weight excluding hydrogens is 290 g/mol. The van der Waals surface area contributed by atoms with E-state index in [0.29, 0.717) is 19.5 Å². The third kappa shape index (κ3) is 3.69. The van der Waals surface area contributed by atoms with E-state index in [9.17, 15) is 4.79 Å². The molecule has 1 N–H and O–H groups in total. The minimum Gasteiger partial charge on any atom is -0.497 e. The van der Waals surface area contributed by atoms with Gasteiger partial charge in [0.05, 0.1) is 13.7 Å². The van der Waals surface area contributed by atoms with Gasteiger partial charge in [-0.05, 0) is 29.8 Å². The number of hydrogen-bond acceptors (Lipinski definition) is 3. The first-order valence-corrected chi connectivity index (χ1v) is 7.56. The largest absolute Gasteiger partial charge is 0.497 e. The molecule has 23 heavy (non-hydrogen) atoms. The van der Waals surface area contributed by atoms with Crippen LogP contribution in [0.1, 0.15) is 5.56 Å². The summed E-state index contributed by atoms with van der Waals surface area (Å²) >= 11 is 0. The van der Waals surface area contributed by atoms with Crippen LogP contribution in [0.5, 0.6) is 5.75 Å². The Morgan fingerprint density at radius 3 is 2.61 bits per heavy atom. The highest BCUT2D eigenvalue weighted by atomic mass is 16.5. The van der Waals surface area contributed by atoms with Gasteiger partial charge in [-0.3, -0.25) is 9.89 Å². The van der Waals surface area contributed by atoms with Gasteiger partial charge in [-0.25, -0.2) is 4.79 Å². The van der Waals surface area contributed by atoms with Crippen LogP contribution >= 0.6 is 0 Å². The van der Waals surface area contributed by atoms with Gasteiger partial charge in [-0.2, -0.15) is 0 Å². The molecule has 2 aromatic rings. The number of amides is 2. The number of nitrogens with one attached hydrogen (secondary N) is 1. The van der Waals surface area contributed by atoms with Crippen molar-refractivity contribution in [3.8, 4) is 5.75 Å². The lowest BCUT2D eigenvalue weighted by Crippen LogP contribution is -2.38. The van der Waals surface area contributed by atoms with Gasteiger partial charge in [0.15, 0.2) is 0 Å². The van der Waals surface area contributed by atoms with Gasteiger partial charge in [0.2, 0.25) is 0 Å². The fraction of sp³-hybridized carbons (Fsp3) is 0.222. The Bertz CT molecular complexity index is 696. The quantitative estimate of drug-likeness (QED) is 0.943. The monoisotopic (exact) mass is 309 g/mol. The van der Waals surface area contributed by atoms with Crippen molar-refractivity contribution in [2.24, 2.45) is 4.99 Å². The summed E-state index contributed by atoms with van der Waals surface area (Å²) < 4.78 is 5.12. The van der Waals surface area contributed by atoms with Crippen molar-refractivity contribution >= 4 is 17.6 Å². The average molecular weight is 309 g/mol. The van der Waals surface area contributed by atoms with E-state index in [-0.39, 0.29) is 6.03 Å². The fourth-order valence-corrected chi connectivity index (χ4v) is 2.51. The Hall–Kier alpha value is -2.82. The minimum atomic E-state index is -0.151. The molecule has 0 aliphatic carbocycles. The molecule has 0 saturated heterocycles. The lowest BCUT2D eigenvalue weighted by molar-refractivity contribution is 0.236. The Morgan fingerprint density at radius 2 is 1.91 bits per heavy atom. The standard InChI is InChI=1S/C18H19N3O2/c1-23-16-9-7-15(8-10-16)20-18(22)21-12-11-19-17(21)13-14-5-3-2-4-6-14/h2-10H,11-13H2,1H3,(H,20,22). The van der Waals surface area contributed by atoms with Crippen LogP contribution in [0.25, 0.3) is 0 Å². The summed E-state index contributed by atoms with van der Waals surface area (Å²) in [5, 5.41) is 2.90. The fourth-order valence-electron chi connectivity index (χ4n) is 2.51. The summed E-state index contributed by atoms with van der Waals surface area (Å²) in [6.07, 6.45) is 0.664. The van der Waals surface area contributed by atoms with Crippen LogP contribution in [0.3, 0.4) is 0 Å². The van der Waals surface area contributed by atoms with Gasteiger partial charge in [0.25, 0.3) is 0 Å². The van der Waals surface area contributed by atoms with Crippen LogP contribution in [-0.4, -0.2) is 37.0 Å². The molecular formula is C18H19N3O2. The number of urea groups is 1. The number of ether oxygens (including phenoxy) is 1. The summed E-state index contributed by atoms with van der Waals surface area (Å²) in [6, 6.07) is 17.2. The predicted octanol–water partition coefficient (Wildman–Crippen LogP) is 3.18. The van der Waals surface area contributed by atoms with Gasteiger partial charge in [0, 0.05) is 18.7 Å². The van der Waals surface area contributed by atoms with Gasteiger partial charge in [-0.15, -0.1) is 0 Å². The number of carbonyl (C=O) groups excluding carboxylic acids is 1. The van der Waals surface area contributed by atoms with Crippen LogP contribution < -0.4 is 10.1 Å². The summed E-state index contributed by atoms with van der Waals surface area (Å²) in [5.74, 6) is 1.57. The molecule has 3 rings (SSSR count). The van der Waals surface area contributed by atoms with Crippen molar-refractivity contribution in [3.63, 3.8) is 0 Å². The highest BCUT2D eigenvalue weighted by molar-refractivity contribution is 6.04. The number of hydrogen-bond donors (Lipinski definition) is 1. The van der Waals surface area contributed by atoms with E-state index in [1.807, 2.05) is 54.6 Å². The normalized spacial score (nSPS) is 13.6. The molecule has 1 aliphatic heterocycles. The van der Waals surface area contributed by atoms with Crippen molar-refractivity contribution in [2.45, 2.75) is 6.42 Å². The lowest BCUT2D eigenvalue weighted by atomic mass is 10.1. The van der Waals surface area contributed by atoms with Crippen LogP contribution in [0.15, 0.2) is 59.6 Å². The molecule has 5 heteroatoms. The molecule has 0 aromatic heterocycles. The second-order valence-corrected chi connectivity index (χ2v) is 5.27. The van der Waals surface area contributed by atoms with E-state index in [1.54, 1.807) is 12.0 Å². The number of amidine groups is 1. The van der Waals surface area contributed by atoms with E-state index in [1.165, 1.54) is 0 Å². The Labute approximate surface area is 135 Å². The van der Waals surface area contributed by atoms with Crippen LogP contribution in [-0.2, 0) is 6.42 Å². The predicted molar refractivity (Wildman–Crippen MR) is 91.2 cm³/mol. The average Bonchev–Trinajstić information content (AvgIpc) is 3.05. The van der Waals surface area contributed by atoms with E-state index in [4.69, 9.17) is 4.74 Å². The molecule has 0 spiro atoms. The second-order valence-electron chi connectivity index (χ2n) is 5.27. The molecule has 2 aromatic carbocycles. The first-order valence-electron chi connectivity index (χ1n) is 7.56. The van der Waals surface area contributed by atoms with Crippen molar-refractivity contribution in [3.05, 3.63) is 60.2 Å². The Morgan fingerprint density at radius 1 is 1.17 bits per heavy atom. The molecule has 0 bridgehead atoms. The zero-order valence-corrected chi connectivity index (χ0v) is 13.0. The van der Waals surface area contributed by atoms with E-state index in [2.05, 4.69) is 10.3 Å². The SMILES string of the molecule is COc1ccc(NC(=O)N2CCN=C2Cc2ccccc2)cc1. The van der Waals surface area contributed by atoms with Crippen molar-refractivity contribution in [2.75, 3.05) is 25.5 Å². The lowest BCUT2D eigenvalue weighted by Gasteiger charge is -2.19. The minimum absolute atomic E-state index is 0.151. The molecule has 0 saturated carbocycles. The van der Waals surface area contributed by atoms with E-state index >= 15 is 0 Å². The van der Waals surface area contributed by atoms with Crippen LogP contribution in [0.4, 0.5) is 10.5 Å². The maximum atomic E-state index is 12.5. The maximum absolute atomic E-state index is 12.5. The topological polar surface area (TPSA) is 53.9 Å². The molecule has 118 valence electrons. The summed E-state index contributed by atoms with van der Waals surface area (Å²) in [7, 11) is 1.62. The van der Waals surface area contributed by atoms with Crippen LogP contribution in [0.2, 0.25) is 0 Å². The number of methoxy groups -OCH3 is 1. The zero-order chi connectivity index (χ0) is 16.1. The Balaban J connectivity index is 1.65. The third-order valence-corrected chi connectivity index (χ3v) is 3.72. The number of rotatable bonds is 4. The molecule has 5 nitrogen and oxygen atoms in total. The van der Waals surface area contributed by atoms with E-state index in [0.717, 1.165) is 22.8 Å². The first kappa shape index (κ1) is 15.1. The Kier molecular flexibility index (Phi) is 4.57. The zero-order valence-electron chi connectivity index (χ0n) is 13.0. The molecule has 2 amide bonds. The number of aliphatic imine (C=N–C) groups is 1. The highest BCUT2D eigenvalue weighted by Gasteiger charge is 2.23. The van der Waals surface area contributed by atoms with E-state index < -0.39 is 0 Å². The summed E-state index contributed by atoms with van der Waals surface area (Å²) in [6.45, 7) is 1.27. The maximum Gasteiger partial charge on any atom is 0.327 e. The molecule has 0 unspecified atom stereocenters. The van der Waals surface area contributed by atoms with Gasteiger partial charge in [0.1, 0.15) is 11.6 Å². The van der Waals surface area contributed by atoms with Gasteiger partial charge < -0.3 is 10.1 Å². The highest BCUT2D eigenvalue weighted by Crippen LogP contribution is 2.16. The molecule has 1 aliphatic rings. The third-order valence-electron chi connectivity index (χ3n) is 3.72. The number of benzene rings is 2. The van der Waals surface area contributed by atoms with Crippen LogP contribution in [0, 0.1) is 0 Å². The summed E-state index contributed by atoms with van der Waals surface area (Å²) in [5.41, 5.74) is 1.89. The summed E-state index contributed by atoms with van der Waals surface area (Å²) in [4.78, 5) is 18.6. The van der Waals surface area contributed by atoms with Crippen molar-refractivity contribution in [1.29, 1.82) is 0 Å².